The number of rotatable bonds is 6. The second-order valence-electron chi connectivity index (χ2n) is 4.83. The van der Waals surface area contributed by atoms with E-state index in [0.29, 0.717) is 0 Å². The van der Waals surface area contributed by atoms with Gasteiger partial charge in [-0.1, -0.05) is 18.2 Å². The van der Waals surface area contributed by atoms with Gasteiger partial charge in [0.1, 0.15) is 0 Å². The van der Waals surface area contributed by atoms with Crippen LogP contribution in [-0.4, -0.2) is 37.0 Å². The Morgan fingerprint density at radius 2 is 1.94 bits per heavy atom. The van der Waals surface area contributed by atoms with Crippen LogP contribution in [0.4, 0.5) is 0 Å². The molecule has 0 radical (unpaired) electrons. The first-order valence-electron chi connectivity index (χ1n) is 6.06. The molecule has 0 fully saturated rings. The Labute approximate surface area is 110 Å². The molecule has 1 atom stereocenters. The summed E-state index contributed by atoms with van der Waals surface area (Å²) in [5, 5.41) is 0. The van der Waals surface area contributed by atoms with E-state index in [2.05, 4.69) is 51.0 Å². The van der Waals surface area contributed by atoms with Gasteiger partial charge in [-0.05, 0) is 44.6 Å². The van der Waals surface area contributed by atoms with E-state index < -0.39 is 0 Å². The average Bonchev–Trinajstić information content (AvgIpc) is 2.27. The lowest BCUT2D eigenvalue weighted by Crippen LogP contribution is -2.17. The van der Waals surface area contributed by atoms with Crippen molar-refractivity contribution in [3.8, 4) is 0 Å². The van der Waals surface area contributed by atoms with Crippen LogP contribution < -0.4 is 5.73 Å². The van der Waals surface area contributed by atoms with Crippen LogP contribution in [-0.2, 0) is 0 Å². The number of aryl methyl sites for hydroxylation is 2. The molecule has 2 nitrogen and oxygen atoms in total. The van der Waals surface area contributed by atoms with Gasteiger partial charge in [-0.15, -0.1) is 0 Å². The molecule has 1 aromatic rings. The molecular formula is C14H24N2S. The molecule has 0 bridgehead atoms. The van der Waals surface area contributed by atoms with Crippen LogP contribution in [0.2, 0.25) is 0 Å². The van der Waals surface area contributed by atoms with Gasteiger partial charge in [-0.3, -0.25) is 0 Å². The Hall–Kier alpha value is -0.510. The van der Waals surface area contributed by atoms with Gasteiger partial charge < -0.3 is 10.6 Å². The molecule has 0 heterocycles. The first-order chi connectivity index (χ1) is 8.00. The zero-order valence-corrected chi connectivity index (χ0v) is 12.2. The SMILES string of the molecule is Cc1ccc(C(N)CSCCN(C)C)cc1C. The third-order valence-electron chi connectivity index (χ3n) is 2.94. The minimum atomic E-state index is 0.154. The van der Waals surface area contributed by atoms with Crippen LogP contribution in [0.1, 0.15) is 22.7 Å². The summed E-state index contributed by atoms with van der Waals surface area (Å²) in [5.74, 6) is 2.14. The maximum Gasteiger partial charge on any atom is 0.0386 e. The molecule has 1 rings (SSSR count). The van der Waals surface area contributed by atoms with Gasteiger partial charge in [0.15, 0.2) is 0 Å². The minimum absolute atomic E-state index is 0.154. The minimum Gasteiger partial charge on any atom is -0.323 e. The van der Waals surface area contributed by atoms with Crippen molar-refractivity contribution >= 4 is 11.8 Å². The Kier molecular flexibility index (Phi) is 6.03. The molecule has 2 N–H and O–H groups in total. The van der Waals surface area contributed by atoms with Crippen molar-refractivity contribution in [3.63, 3.8) is 0 Å². The third-order valence-corrected chi connectivity index (χ3v) is 4.01. The highest BCUT2D eigenvalue weighted by molar-refractivity contribution is 7.99. The lowest BCUT2D eigenvalue weighted by molar-refractivity contribution is 0.437. The molecule has 3 heteroatoms. The van der Waals surface area contributed by atoms with E-state index in [-0.39, 0.29) is 6.04 Å². The maximum absolute atomic E-state index is 6.20. The topological polar surface area (TPSA) is 29.3 Å². The first-order valence-corrected chi connectivity index (χ1v) is 7.21. The fourth-order valence-electron chi connectivity index (χ4n) is 1.55. The number of thioether (sulfide) groups is 1. The number of nitrogens with zero attached hydrogens (tertiary/aromatic N) is 1. The predicted octanol–water partition coefficient (Wildman–Crippen LogP) is 2.60. The number of benzene rings is 1. The van der Waals surface area contributed by atoms with Crippen molar-refractivity contribution in [1.29, 1.82) is 0 Å². The molecule has 0 saturated carbocycles. The molecule has 17 heavy (non-hydrogen) atoms. The molecule has 0 aliphatic carbocycles. The normalized spacial score (nSPS) is 13.1. The second-order valence-corrected chi connectivity index (χ2v) is 5.98. The van der Waals surface area contributed by atoms with Crippen LogP contribution >= 0.6 is 11.8 Å². The Bertz CT molecular complexity index is 350. The largest absolute Gasteiger partial charge is 0.323 e. The van der Waals surface area contributed by atoms with Crippen molar-refractivity contribution in [3.05, 3.63) is 34.9 Å². The molecule has 0 saturated heterocycles. The molecule has 0 aliphatic rings. The molecule has 1 aromatic carbocycles. The van der Waals surface area contributed by atoms with Crippen LogP contribution in [0.5, 0.6) is 0 Å². The summed E-state index contributed by atoms with van der Waals surface area (Å²) in [6.07, 6.45) is 0. The Morgan fingerprint density at radius 1 is 1.24 bits per heavy atom. The Morgan fingerprint density at radius 3 is 2.53 bits per heavy atom. The summed E-state index contributed by atoms with van der Waals surface area (Å²) < 4.78 is 0. The molecule has 96 valence electrons. The number of hydrogen-bond acceptors (Lipinski definition) is 3. The highest BCUT2D eigenvalue weighted by atomic mass is 32.2. The molecular weight excluding hydrogens is 228 g/mol. The monoisotopic (exact) mass is 252 g/mol. The standard InChI is InChI=1S/C14H24N2S/c1-11-5-6-13(9-12(11)2)14(15)10-17-8-7-16(3)4/h5-6,9,14H,7-8,10,15H2,1-4H3. The smallest absolute Gasteiger partial charge is 0.0386 e. The van der Waals surface area contributed by atoms with E-state index in [4.69, 9.17) is 5.73 Å². The van der Waals surface area contributed by atoms with Crippen molar-refractivity contribution in [1.82, 2.24) is 4.90 Å². The van der Waals surface area contributed by atoms with Gasteiger partial charge in [0.05, 0.1) is 0 Å². The van der Waals surface area contributed by atoms with Crippen LogP contribution in [0.25, 0.3) is 0 Å². The number of hydrogen-bond donors (Lipinski definition) is 1. The lowest BCUT2D eigenvalue weighted by Gasteiger charge is -2.14. The summed E-state index contributed by atoms with van der Waals surface area (Å²) in [7, 11) is 4.20. The average molecular weight is 252 g/mol. The molecule has 0 spiro atoms. The van der Waals surface area contributed by atoms with Gasteiger partial charge in [0.2, 0.25) is 0 Å². The van der Waals surface area contributed by atoms with Crippen molar-refractivity contribution in [2.24, 2.45) is 5.73 Å². The van der Waals surface area contributed by atoms with E-state index in [1.54, 1.807) is 0 Å². The first kappa shape index (κ1) is 14.6. The summed E-state index contributed by atoms with van der Waals surface area (Å²) >= 11 is 1.93. The van der Waals surface area contributed by atoms with Crippen molar-refractivity contribution in [2.45, 2.75) is 19.9 Å². The summed E-state index contributed by atoms with van der Waals surface area (Å²) in [5.41, 5.74) is 10.1. The predicted molar refractivity (Wildman–Crippen MR) is 78.7 cm³/mol. The lowest BCUT2D eigenvalue weighted by atomic mass is 10.0. The van der Waals surface area contributed by atoms with Gasteiger partial charge in [-0.25, -0.2) is 0 Å². The summed E-state index contributed by atoms with van der Waals surface area (Å²) in [6, 6.07) is 6.68. The van der Waals surface area contributed by atoms with Gasteiger partial charge in [0.25, 0.3) is 0 Å². The van der Waals surface area contributed by atoms with Gasteiger partial charge in [-0.2, -0.15) is 11.8 Å². The summed E-state index contributed by atoms with van der Waals surface area (Å²) in [4.78, 5) is 2.20. The fourth-order valence-corrected chi connectivity index (χ4v) is 2.66. The molecule has 0 amide bonds. The van der Waals surface area contributed by atoms with E-state index in [1.165, 1.54) is 16.7 Å². The van der Waals surface area contributed by atoms with Gasteiger partial charge >= 0.3 is 0 Å². The van der Waals surface area contributed by atoms with E-state index in [9.17, 15) is 0 Å². The highest BCUT2D eigenvalue weighted by Gasteiger charge is 2.07. The van der Waals surface area contributed by atoms with Crippen molar-refractivity contribution in [2.75, 3.05) is 32.1 Å². The Balaban J connectivity index is 2.41. The van der Waals surface area contributed by atoms with E-state index >= 15 is 0 Å². The zero-order chi connectivity index (χ0) is 12.8. The molecule has 0 aliphatic heterocycles. The quantitative estimate of drug-likeness (QED) is 0.789. The molecule has 1 unspecified atom stereocenters. The second kappa shape index (κ2) is 7.04. The highest BCUT2D eigenvalue weighted by Crippen LogP contribution is 2.19. The molecule has 0 aromatic heterocycles. The zero-order valence-electron chi connectivity index (χ0n) is 11.4. The van der Waals surface area contributed by atoms with Crippen LogP contribution in [0.3, 0.4) is 0 Å². The summed E-state index contributed by atoms with van der Waals surface area (Å²) in [6.45, 7) is 5.39. The van der Waals surface area contributed by atoms with E-state index in [0.717, 1.165) is 18.1 Å². The van der Waals surface area contributed by atoms with Gasteiger partial charge in [0, 0.05) is 24.1 Å². The van der Waals surface area contributed by atoms with Crippen molar-refractivity contribution < 1.29 is 0 Å². The maximum atomic E-state index is 6.20. The number of nitrogens with two attached hydrogens (primary N) is 1. The van der Waals surface area contributed by atoms with Crippen LogP contribution in [0.15, 0.2) is 18.2 Å². The van der Waals surface area contributed by atoms with Crippen LogP contribution in [0, 0.1) is 13.8 Å². The third kappa shape index (κ3) is 5.11. The fraction of sp³-hybridized carbons (Fsp3) is 0.571. The van der Waals surface area contributed by atoms with E-state index in [1.807, 2.05) is 11.8 Å².